The van der Waals surface area contributed by atoms with Crippen LogP contribution in [-0.2, 0) is 7.05 Å². The van der Waals surface area contributed by atoms with Gasteiger partial charge in [0.15, 0.2) is 0 Å². The fourth-order valence-corrected chi connectivity index (χ4v) is 4.72. The van der Waals surface area contributed by atoms with E-state index in [2.05, 4.69) is 44.0 Å². The number of imidazole rings is 1. The summed E-state index contributed by atoms with van der Waals surface area (Å²) in [5.41, 5.74) is 3.51. The summed E-state index contributed by atoms with van der Waals surface area (Å²) < 4.78 is 1.87. The molecule has 0 spiro atoms. The van der Waals surface area contributed by atoms with Crippen molar-refractivity contribution in [1.82, 2.24) is 34.3 Å². The van der Waals surface area contributed by atoms with Gasteiger partial charge < -0.3 is 19.8 Å². The van der Waals surface area contributed by atoms with Crippen LogP contribution < -0.4 is 5.32 Å². The molecule has 3 aromatic heterocycles. The SMILES string of the molecule is CC(C)N1CCCN(C(=O)c2cc3cc(Nc4nccc(-c5cn(C)cn5)n4)cc(Cl)c3[nH]2)CC1. The van der Waals surface area contributed by atoms with E-state index in [-0.39, 0.29) is 5.91 Å². The van der Waals surface area contributed by atoms with Gasteiger partial charge in [0.25, 0.3) is 5.91 Å². The molecule has 35 heavy (non-hydrogen) atoms. The summed E-state index contributed by atoms with van der Waals surface area (Å²) in [4.78, 5) is 34.1. The first-order valence-corrected chi connectivity index (χ1v) is 12.2. The van der Waals surface area contributed by atoms with Crippen LogP contribution in [0.3, 0.4) is 0 Å². The number of amides is 1. The monoisotopic (exact) mass is 492 g/mol. The second-order valence-electron chi connectivity index (χ2n) is 9.20. The molecule has 0 unspecified atom stereocenters. The van der Waals surface area contributed by atoms with Crippen molar-refractivity contribution in [2.45, 2.75) is 26.3 Å². The van der Waals surface area contributed by atoms with Crippen molar-refractivity contribution < 1.29 is 4.79 Å². The number of aryl methyl sites for hydroxylation is 1. The van der Waals surface area contributed by atoms with E-state index in [1.165, 1.54) is 0 Å². The molecule has 0 aliphatic carbocycles. The fourth-order valence-electron chi connectivity index (χ4n) is 4.45. The van der Waals surface area contributed by atoms with Gasteiger partial charge in [0.05, 0.1) is 22.6 Å². The van der Waals surface area contributed by atoms with Gasteiger partial charge in [-0.25, -0.2) is 15.0 Å². The molecule has 182 valence electrons. The largest absolute Gasteiger partial charge is 0.349 e. The van der Waals surface area contributed by atoms with E-state index >= 15 is 0 Å². The Balaban J connectivity index is 1.36. The maximum atomic E-state index is 13.2. The Hall–Kier alpha value is -3.43. The summed E-state index contributed by atoms with van der Waals surface area (Å²) in [7, 11) is 1.91. The number of nitrogens with one attached hydrogen (secondary N) is 2. The zero-order valence-electron chi connectivity index (χ0n) is 20.1. The van der Waals surface area contributed by atoms with Crippen LogP contribution in [0.5, 0.6) is 0 Å². The Morgan fingerprint density at radius 1 is 1.11 bits per heavy atom. The molecule has 1 aliphatic heterocycles. The second-order valence-corrected chi connectivity index (χ2v) is 9.60. The predicted molar refractivity (Wildman–Crippen MR) is 138 cm³/mol. The van der Waals surface area contributed by atoms with Crippen molar-refractivity contribution in [3.63, 3.8) is 0 Å². The number of halogens is 1. The molecule has 0 bridgehead atoms. The molecule has 1 fully saturated rings. The van der Waals surface area contributed by atoms with Crippen LogP contribution in [0, 0.1) is 0 Å². The highest BCUT2D eigenvalue weighted by Gasteiger charge is 2.23. The first kappa shape index (κ1) is 23.3. The molecule has 0 atom stereocenters. The standard InChI is InChI=1S/C25H29ClN8O/c1-16(2)33-7-4-8-34(10-9-33)24(35)21-12-17-11-18(13-19(26)23(17)30-21)29-25-27-6-5-20(31-25)22-14-32(3)15-28-22/h5-6,11-16,30H,4,7-10H2,1-3H3,(H,27,29,31). The number of rotatable bonds is 5. The molecule has 9 nitrogen and oxygen atoms in total. The van der Waals surface area contributed by atoms with Gasteiger partial charge in [0.2, 0.25) is 5.95 Å². The van der Waals surface area contributed by atoms with Crippen molar-refractivity contribution in [2.24, 2.45) is 7.05 Å². The number of anilines is 2. The third-order valence-corrected chi connectivity index (χ3v) is 6.64. The number of hydrogen-bond donors (Lipinski definition) is 2. The normalized spacial score (nSPS) is 15.1. The Labute approximate surface area is 209 Å². The summed E-state index contributed by atoms with van der Waals surface area (Å²) in [6, 6.07) is 7.91. The predicted octanol–water partition coefficient (Wildman–Crippen LogP) is 4.31. The highest BCUT2D eigenvalue weighted by Crippen LogP contribution is 2.30. The molecule has 4 heterocycles. The highest BCUT2D eigenvalue weighted by molar-refractivity contribution is 6.35. The molecule has 10 heteroatoms. The Morgan fingerprint density at radius 2 is 1.97 bits per heavy atom. The number of H-pyrrole nitrogens is 1. The van der Waals surface area contributed by atoms with E-state index in [1.54, 1.807) is 18.6 Å². The van der Waals surface area contributed by atoms with Gasteiger partial charge in [-0.1, -0.05) is 11.6 Å². The summed E-state index contributed by atoms with van der Waals surface area (Å²) in [6.07, 6.45) is 6.29. The van der Waals surface area contributed by atoms with Crippen LogP contribution in [0.15, 0.2) is 43.0 Å². The van der Waals surface area contributed by atoms with E-state index in [0.29, 0.717) is 22.7 Å². The van der Waals surface area contributed by atoms with Crippen LogP contribution >= 0.6 is 11.6 Å². The molecular weight excluding hydrogens is 464 g/mol. The third kappa shape index (κ3) is 5.01. The molecule has 1 aliphatic rings. The second kappa shape index (κ2) is 9.67. The number of aromatic nitrogens is 5. The minimum atomic E-state index is 0.00350. The number of fused-ring (bicyclic) bond motifs is 1. The Kier molecular flexibility index (Phi) is 6.44. The summed E-state index contributed by atoms with van der Waals surface area (Å²) in [5.74, 6) is 0.443. The van der Waals surface area contributed by atoms with Crippen molar-refractivity contribution >= 4 is 40.0 Å². The Bertz CT molecular complexity index is 1360. The molecule has 1 aromatic carbocycles. The lowest BCUT2D eigenvalue weighted by Gasteiger charge is -2.24. The summed E-state index contributed by atoms with van der Waals surface area (Å²) >= 11 is 6.59. The highest BCUT2D eigenvalue weighted by atomic mass is 35.5. The quantitative estimate of drug-likeness (QED) is 0.431. The van der Waals surface area contributed by atoms with Gasteiger partial charge >= 0.3 is 0 Å². The molecule has 0 saturated carbocycles. The third-order valence-electron chi connectivity index (χ3n) is 6.34. The van der Waals surface area contributed by atoms with Gasteiger partial charge in [0.1, 0.15) is 11.4 Å². The minimum Gasteiger partial charge on any atom is -0.349 e. The number of benzene rings is 1. The van der Waals surface area contributed by atoms with Crippen molar-refractivity contribution in [1.29, 1.82) is 0 Å². The maximum absolute atomic E-state index is 13.2. The molecular formula is C25H29ClN8O. The van der Waals surface area contributed by atoms with Crippen molar-refractivity contribution in [2.75, 3.05) is 31.5 Å². The molecule has 4 aromatic rings. The molecule has 1 amide bonds. The van der Waals surface area contributed by atoms with Gasteiger partial charge in [0, 0.05) is 62.7 Å². The number of hydrogen-bond acceptors (Lipinski definition) is 6. The number of carbonyl (C=O) groups excluding carboxylic acids is 1. The zero-order valence-corrected chi connectivity index (χ0v) is 20.9. The van der Waals surface area contributed by atoms with Crippen LogP contribution in [0.4, 0.5) is 11.6 Å². The average Bonchev–Trinajstić information content (AvgIpc) is 3.38. The summed E-state index contributed by atoms with van der Waals surface area (Å²) in [5, 5.41) is 4.59. The smallest absolute Gasteiger partial charge is 0.270 e. The molecule has 1 saturated heterocycles. The van der Waals surface area contributed by atoms with Gasteiger partial charge in [-0.3, -0.25) is 9.69 Å². The van der Waals surface area contributed by atoms with Gasteiger partial charge in [-0.05, 0) is 44.5 Å². The number of nitrogens with zero attached hydrogens (tertiary/aromatic N) is 6. The van der Waals surface area contributed by atoms with E-state index in [9.17, 15) is 4.79 Å². The fraction of sp³-hybridized carbons (Fsp3) is 0.360. The van der Waals surface area contributed by atoms with Crippen LogP contribution in [0.2, 0.25) is 5.02 Å². The summed E-state index contributed by atoms with van der Waals surface area (Å²) in [6.45, 7) is 7.76. The van der Waals surface area contributed by atoms with E-state index < -0.39 is 0 Å². The van der Waals surface area contributed by atoms with Crippen LogP contribution in [-0.4, -0.2) is 72.4 Å². The minimum absolute atomic E-state index is 0.00350. The number of carbonyl (C=O) groups is 1. The van der Waals surface area contributed by atoms with E-state index in [1.807, 2.05) is 40.9 Å². The van der Waals surface area contributed by atoms with Crippen molar-refractivity contribution in [3.05, 3.63) is 53.7 Å². The average molecular weight is 493 g/mol. The van der Waals surface area contributed by atoms with Crippen LogP contribution in [0.1, 0.15) is 30.8 Å². The lowest BCUT2D eigenvalue weighted by Crippen LogP contribution is -2.37. The van der Waals surface area contributed by atoms with Crippen LogP contribution in [0.25, 0.3) is 22.3 Å². The molecule has 0 radical (unpaired) electrons. The zero-order chi connectivity index (χ0) is 24.5. The first-order valence-electron chi connectivity index (χ1n) is 11.8. The topological polar surface area (TPSA) is 95.0 Å². The molecule has 5 rings (SSSR count). The van der Waals surface area contributed by atoms with Crippen molar-refractivity contribution in [3.8, 4) is 11.4 Å². The van der Waals surface area contributed by atoms with Gasteiger partial charge in [-0.2, -0.15) is 0 Å². The number of aromatic amines is 1. The lowest BCUT2D eigenvalue weighted by molar-refractivity contribution is 0.0754. The first-order chi connectivity index (χ1) is 16.9. The Morgan fingerprint density at radius 3 is 2.74 bits per heavy atom. The lowest BCUT2D eigenvalue weighted by atomic mass is 10.2. The van der Waals surface area contributed by atoms with Gasteiger partial charge in [-0.15, -0.1) is 0 Å². The maximum Gasteiger partial charge on any atom is 0.270 e. The van der Waals surface area contributed by atoms with E-state index in [0.717, 1.165) is 60.6 Å². The molecule has 2 N–H and O–H groups in total. The van der Waals surface area contributed by atoms with E-state index in [4.69, 9.17) is 11.6 Å².